The largest absolute Gasteiger partial charge is 0.489 e. The van der Waals surface area contributed by atoms with Crippen LogP contribution in [0, 0.1) is 11.6 Å². The molecule has 0 atom stereocenters. The highest BCUT2D eigenvalue weighted by Gasteiger charge is 2.11. The first-order valence-electron chi connectivity index (χ1n) is 5.65. The van der Waals surface area contributed by atoms with Crippen LogP contribution in [-0.4, -0.2) is 8.42 Å². The molecule has 2 aromatic carbocycles. The van der Waals surface area contributed by atoms with Gasteiger partial charge in [-0.25, -0.2) is 8.78 Å². The minimum Gasteiger partial charge on any atom is -0.489 e. The van der Waals surface area contributed by atoms with Crippen LogP contribution in [0.5, 0.6) is 11.5 Å². The van der Waals surface area contributed by atoms with Gasteiger partial charge in [0, 0.05) is 0 Å². The minimum atomic E-state index is -5.10. The van der Waals surface area contributed by atoms with E-state index in [0.29, 0.717) is 0 Å². The summed E-state index contributed by atoms with van der Waals surface area (Å²) in [7, 11) is -5.10. The summed E-state index contributed by atoms with van der Waals surface area (Å²) in [5.41, 5.74) is -0.232. The molecule has 0 N–H and O–H groups in total. The number of halogens is 3. The Morgan fingerprint density at radius 1 is 0.905 bits per heavy atom. The molecule has 0 saturated carbocycles. The Bertz CT molecular complexity index is 709. The summed E-state index contributed by atoms with van der Waals surface area (Å²) in [4.78, 5) is 0. The summed E-state index contributed by atoms with van der Waals surface area (Å²) in [6.45, 7) is -0.347. The molecule has 2 aromatic rings. The van der Waals surface area contributed by atoms with Gasteiger partial charge in [-0.1, -0.05) is 9.95 Å². The fourth-order valence-electron chi connectivity index (χ4n) is 1.53. The Morgan fingerprint density at radius 2 is 1.43 bits per heavy atom. The molecule has 0 aromatic heterocycles. The van der Waals surface area contributed by atoms with Gasteiger partial charge < -0.3 is 8.92 Å². The monoisotopic (exact) mass is 318 g/mol. The second-order valence-corrected chi connectivity index (χ2v) is 4.89. The lowest BCUT2D eigenvalue weighted by atomic mass is 10.2. The van der Waals surface area contributed by atoms with E-state index in [0.717, 1.165) is 24.3 Å². The van der Waals surface area contributed by atoms with E-state index in [4.69, 9.17) is 4.74 Å². The summed E-state index contributed by atoms with van der Waals surface area (Å²) < 4.78 is 68.7. The van der Waals surface area contributed by atoms with E-state index < -0.39 is 22.1 Å². The van der Waals surface area contributed by atoms with Gasteiger partial charge in [-0.3, -0.25) is 0 Å². The van der Waals surface area contributed by atoms with E-state index >= 15 is 0 Å². The molecule has 0 aliphatic heterocycles. The first kappa shape index (κ1) is 15.2. The van der Waals surface area contributed by atoms with Crippen LogP contribution in [-0.2, 0) is 17.1 Å². The van der Waals surface area contributed by atoms with Crippen LogP contribution in [0.1, 0.15) is 5.56 Å². The smallest absolute Gasteiger partial charge is 0.488 e. The number of hydrogen-bond donors (Lipinski definition) is 0. The topological polar surface area (TPSA) is 52.6 Å². The third kappa shape index (κ3) is 4.38. The van der Waals surface area contributed by atoms with Gasteiger partial charge in [-0.2, -0.15) is 8.42 Å². The number of rotatable bonds is 5. The average molecular weight is 318 g/mol. The normalized spacial score (nSPS) is 11.2. The van der Waals surface area contributed by atoms with Crippen molar-refractivity contribution in [1.29, 1.82) is 0 Å². The molecule has 0 radical (unpaired) electrons. The summed E-state index contributed by atoms with van der Waals surface area (Å²) in [5, 5.41) is 0. The molecule has 112 valence electrons. The first-order chi connectivity index (χ1) is 9.85. The maximum atomic E-state index is 13.4. The Morgan fingerprint density at radius 3 is 1.95 bits per heavy atom. The lowest BCUT2D eigenvalue weighted by Crippen LogP contribution is -2.02. The van der Waals surface area contributed by atoms with Crippen LogP contribution < -0.4 is 8.92 Å². The fraction of sp³-hybridized carbons (Fsp3) is 0.0769. The summed E-state index contributed by atoms with van der Waals surface area (Å²) >= 11 is 0. The van der Waals surface area contributed by atoms with Gasteiger partial charge in [0.1, 0.15) is 29.7 Å². The summed E-state index contributed by atoms with van der Waals surface area (Å²) in [5.74, 6) is -1.51. The van der Waals surface area contributed by atoms with Gasteiger partial charge in [-0.05, 0) is 36.4 Å². The van der Waals surface area contributed by atoms with Crippen molar-refractivity contribution < 1.29 is 30.0 Å². The molecular weight excluding hydrogens is 309 g/mol. The van der Waals surface area contributed by atoms with Crippen molar-refractivity contribution in [2.45, 2.75) is 6.61 Å². The molecule has 21 heavy (non-hydrogen) atoms. The van der Waals surface area contributed by atoms with Gasteiger partial charge in [-0.15, -0.1) is 0 Å². The lowest BCUT2D eigenvalue weighted by molar-refractivity contribution is 0.292. The van der Waals surface area contributed by atoms with Crippen molar-refractivity contribution in [3.8, 4) is 11.5 Å². The highest BCUT2D eigenvalue weighted by atomic mass is 32.3. The fourth-order valence-corrected chi connectivity index (χ4v) is 1.87. The van der Waals surface area contributed by atoms with Crippen LogP contribution in [0.2, 0.25) is 0 Å². The minimum absolute atomic E-state index is 0.209. The molecule has 0 unspecified atom stereocenters. The van der Waals surface area contributed by atoms with E-state index in [1.165, 1.54) is 18.2 Å². The molecule has 0 saturated heterocycles. The highest BCUT2D eigenvalue weighted by Crippen LogP contribution is 2.21. The molecular formula is C13H9F3O4S. The zero-order chi connectivity index (χ0) is 15.5. The zero-order valence-electron chi connectivity index (χ0n) is 10.4. The number of benzene rings is 2. The second kappa shape index (κ2) is 6.04. The van der Waals surface area contributed by atoms with Gasteiger partial charge in [0.2, 0.25) is 0 Å². The van der Waals surface area contributed by atoms with Gasteiger partial charge in [0.15, 0.2) is 0 Å². The van der Waals surface area contributed by atoms with E-state index in [2.05, 4.69) is 4.18 Å². The standard InChI is InChI=1S/C13H9F3O4S/c14-12-2-1-3-13(15)11(12)8-19-9-4-6-10(7-5-9)20-21(16,17)18/h1-7H,8H2. The molecule has 0 aliphatic rings. The van der Waals surface area contributed by atoms with Crippen LogP contribution in [0.15, 0.2) is 42.5 Å². The third-order valence-corrected chi connectivity index (χ3v) is 2.86. The number of ether oxygens (including phenoxy) is 1. The predicted octanol–water partition coefficient (Wildman–Crippen LogP) is 3.14. The number of hydrogen-bond acceptors (Lipinski definition) is 4. The van der Waals surface area contributed by atoms with Crippen molar-refractivity contribution in [2.24, 2.45) is 0 Å². The lowest BCUT2D eigenvalue weighted by Gasteiger charge is -2.08. The Labute approximate surface area is 119 Å². The van der Waals surface area contributed by atoms with Gasteiger partial charge >= 0.3 is 10.5 Å². The molecule has 2 rings (SSSR count). The first-order valence-corrected chi connectivity index (χ1v) is 6.96. The van der Waals surface area contributed by atoms with Crippen molar-refractivity contribution >= 4 is 10.5 Å². The SMILES string of the molecule is O=S(=O)(F)Oc1ccc(OCc2c(F)cccc2F)cc1. The predicted molar refractivity (Wildman–Crippen MR) is 67.8 cm³/mol. The van der Waals surface area contributed by atoms with Crippen molar-refractivity contribution in [3.05, 3.63) is 59.7 Å². The summed E-state index contributed by atoms with van der Waals surface area (Å²) in [6.07, 6.45) is 0. The highest BCUT2D eigenvalue weighted by molar-refractivity contribution is 7.81. The Kier molecular flexibility index (Phi) is 4.37. The van der Waals surface area contributed by atoms with Crippen LogP contribution in [0.25, 0.3) is 0 Å². The molecule has 0 fully saturated rings. The third-order valence-electron chi connectivity index (χ3n) is 2.46. The molecule has 8 heteroatoms. The van der Waals surface area contributed by atoms with Crippen LogP contribution >= 0.6 is 0 Å². The van der Waals surface area contributed by atoms with E-state index in [-0.39, 0.29) is 23.7 Å². The van der Waals surface area contributed by atoms with Gasteiger partial charge in [0.25, 0.3) is 0 Å². The maximum absolute atomic E-state index is 13.4. The molecule has 0 bridgehead atoms. The van der Waals surface area contributed by atoms with Gasteiger partial charge in [0.05, 0.1) is 5.56 Å². The van der Waals surface area contributed by atoms with Crippen molar-refractivity contribution in [3.63, 3.8) is 0 Å². The van der Waals surface area contributed by atoms with Crippen LogP contribution in [0.3, 0.4) is 0 Å². The van der Waals surface area contributed by atoms with Crippen molar-refractivity contribution in [1.82, 2.24) is 0 Å². The second-order valence-electron chi connectivity index (χ2n) is 3.94. The van der Waals surface area contributed by atoms with E-state index in [1.54, 1.807) is 0 Å². The zero-order valence-corrected chi connectivity index (χ0v) is 11.2. The molecule has 4 nitrogen and oxygen atoms in total. The molecule has 0 spiro atoms. The molecule has 0 amide bonds. The Hall–Kier alpha value is -2.22. The maximum Gasteiger partial charge on any atom is 0.488 e. The molecule has 0 heterocycles. The Balaban J connectivity index is 2.04. The summed E-state index contributed by atoms with van der Waals surface area (Å²) in [6, 6.07) is 8.28. The van der Waals surface area contributed by atoms with Crippen molar-refractivity contribution in [2.75, 3.05) is 0 Å². The molecule has 0 aliphatic carbocycles. The average Bonchev–Trinajstić information content (AvgIpc) is 2.38. The van der Waals surface area contributed by atoms with E-state index in [1.807, 2.05) is 0 Å². The van der Waals surface area contributed by atoms with Crippen LogP contribution in [0.4, 0.5) is 12.7 Å². The quantitative estimate of drug-likeness (QED) is 0.795. The van der Waals surface area contributed by atoms with E-state index in [9.17, 15) is 21.1 Å².